The normalized spacial score (nSPS) is 11.8. The zero-order chi connectivity index (χ0) is 14.8. The molecule has 0 amide bonds. The van der Waals surface area contributed by atoms with Crippen LogP contribution in [0.5, 0.6) is 0 Å². The second kappa shape index (κ2) is 5.39. The van der Waals surface area contributed by atoms with Gasteiger partial charge in [-0.3, -0.25) is 0 Å². The van der Waals surface area contributed by atoms with E-state index in [9.17, 15) is 18.0 Å². The van der Waals surface area contributed by atoms with Crippen molar-refractivity contribution in [1.29, 1.82) is 0 Å². The Labute approximate surface area is 111 Å². The highest BCUT2D eigenvalue weighted by Gasteiger charge is 2.41. The highest BCUT2D eigenvalue weighted by Crippen LogP contribution is 2.31. The number of aryl methyl sites for hydroxylation is 1. The maximum absolute atomic E-state index is 13.1. The molecule has 0 aliphatic carbocycles. The Balaban J connectivity index is 2.43. The summed E-state index contributed by atoms with van der Waals surface area (Å²) in [5.74, 6) is 0. The summed E-state index contributed by atoms with van der Waals surface area (Å²) in [5.41, 5.74) is -1.40. The van der Waals surface area contributed by atoms with E-state index in [1.165, 1.54) is 6.20 Å². The molecule has 2 rings (SSSR count). The Kier molecular flexibility index (Phi) is 3.81. The lowest BCUT2D eigenvalue weighted by atomic mass is 10.1. The van der Waals surface area contributed by atoms with Gasteiger partial charge in [0.05, 0.1) is 18.1 Å². The summed E-state index contributed by atoms with van der Waals surface area (Å²) in [6.07, 6.45) is -1.06. The summed E-state index contributed by atoms with van der Waals surface area (Å²) < 4.78 is 40.1. The van der Waals surface area contributed by atoms with Gasteiger partial charge in [-0.2, -0.15) is 22.5 Å². The van der Waals surface area contributed by atoms with Crippen LogP contribution in [0.4, 0.5) is 18.0 Å². The molecule has 0 radical (unpaired) electrons. The van der Waals surface area contributed by atoms with Gasteiger partial charge in [-0.25, -0.2) is 4.79 Å². The van der Waals surface area contributed by atoms with Gasteiger partial charge in [-0.1, -0.05) is 23.8 Å². The molecular weight excluding hydrogens is 277 g/mol. The van der Waals surface area contributed by atoms with Gasteiger partial charge in [0.25, 0.3) is 0 Å². The van der Waals surface area contributed by atoms with Crippen LogP contribution in [0.1, 0.15) is 31.2 Å². The summed E-state index contributed by atoms with van der Waals surface area (Å²) in [4.78, 5) is 11.9. The number of carbonyl (C=O) groups is 1. The molecule has 0 spiro atoms. The fraction of sp³-hybridized carbons (Fsp3) is 0.500. The van der Waals surface area contributed by atoms with E-state index in [1.54, 1.807) is 0 Å². The van der Waals surface area contributed by atoms with Crippen molar-refractivity contribution >= 4 is 6.03 Å². The number of hydrogen-bond donors (Lipinski definition) is 0. The van der Waals surface area contributed by atoms with Gasteiger partial charge in [-0.05, 0) is 12.8 Å². The van der Waals surface area contributed by atoms with Crippen molar-refractivity contribution in [2.45, 2.75) is 32.4 Å². The third-order valence-corrected chi connectivity index (χ3v) is 2.58. The molecule has 2 aromatic heterocycles. The molecular formula is C10H11F3N6O. The number of hydrogen-bond acceptors (Lipinski definition) is 5. The van der Waals surface area contributed by atoms with Crippen molar-refractivity contribution in [3.05, 3.63) is 23.8 Å². The van der Waals surface area contributed by atoms with E-state index in [0.717, 1.165) is 6.20 Å². The fourth-order valence-electron chi connectivity index (χ4n) is 1.65. The van der Waals surface area contributed by atoms with Crippen LogP contribution in [0.3, 0.4) is 0 Å². The number of carbonyl (C=O) groups excluding carboxylic acids is 1. The van der Waals surface area contributed by atoms with Crippen LogP contribution in [-0.4, -0.2) is 36.0 Å². The van der Waals surface area contributed by atoms with Crippen LogP contribution in [0, 0.1) is 0 Å². The molecule has 0 aliphatic rings. The quantitative estimate of drug-likeness (QED) is 0.859. The summed E-state index contributed by atoms with van der Waals surface area (Å²) >= 11 is 0. The Morgan fingerprint density at radius 2 is 2.10 bits per heavy atom. The first-order valence-electron chi connectivity index (χ1n) is 5.88. The molecule has 0 unspecified atom stereocenters. The first-order chi connectivity index (χ1) is 9.45. The lowest BCUT2D eigenvalue weighted by Gasteiger charge is -2.09. The lowest BCUT2D eigenvalue weighted by molar-refractivity contribution is -0.143. The van der Waals surface area contributed by atoms with E-state index in [1.807, 2.05) is 6.92 Å². The third-order valence-electron chi connectivity index (χ3n) is 2.58. The van der Waals surface area contributed by atoms with E-state index in [2.05, 4.69) is 20.6 Å². The predicted molar refractivity (Wildman–Crippen MR) is 59.9 cm³/mol. The molecule has 20 heavy (non-hydrogen) atoms. The van der Waals surface area contributed by atoms with Crippen LogP contribution in [0.25, 0.3) is 0 Å². The molecule has 0 N–H and O–H groups in total. The summed E-state index contributed by atoms with van der Waals surface area (Å²) in [6, 6.07) is -1.08. The minimum atomic E-state index is -4.72. The van der Waals surface area contributed by atoms with Crippen molar-refractivity contribution in [2.24, 2.45) is 0 Å². The fourth-order valence-corrected chi connectivity index (χ4v) is 1.65. The lowest BCUT2D eigenvalue weighted by Crippen LogP contribution is -2.27. The van der Waals surface area contributed by atoms with Gasteiger partial charge in [0, 0.05) is 0 Å². The third kappa shape index (κ3) is 2.68. The Hall–Kier alpha value is -2.26. The molecule has 0 atom stereocenters. The molecule has 0 saturated heterocycles. The largest absolute Gasteiger partial charge is 0.435 e. The maximum Gasteiger partial charge on any atom is 0.435 e. The van der Waals surface area contributed by atoms with Gasteiger partial charge >= 0.3 is 12.2 Å². The first-order valence-corrected chi connectivity index (χ1v) is 5.88. The number of rotatable bonds is 3. The monoisotopic (exact) mass is 288 g/mol. The predicted octanol–water partition coefficient (Wildman–Crippen LogP) is 1.75. The van der Waals surface area contributed by atoms with E-state index < -0.39 is 17.9 Å². The van der Waals surface area contributed by atoms with Crippen LogP contribution in [0.2, 0.25) is 0 Å². The van der Waals surface area contributed by atoms with E-state index in [4.69, 9.17) is 0 Å². The van der Waals surface area contributed by atoms with E-state index in [0.29, 0.717) is 17.5 Å². The average Bonchev–Trinajstić information content (AvgIpc) is 3.03. The zero-order valence-electron chi connectivity index (χ0n) is 10.5. The van der Waals surface area contributed by atoms with Crippen LogP contribution in [0.15, 0.2) is 12.4 Å². The molecule has 0 bridgehead atoms. The molecule has 0 aliphatic heterocycles. The van der Waals surface area contributed by atoms with Crippen molar-refractivity contribution < 1.29 is 18.0 Å². The van der Waals surface area contributed by atoms with Crippen molar-refractivity contribution in [3.8, 4) is 0 Å². The van der Waals surface area contributed by atoms with E-state index in [-0.39, 0.29) is 16.8 Å². The summed E-state index contributed by atoms with van der Waals surface area (Å²) in [5, 5.41) is 13.5. The van der Waals surface area contributed by atoms with Crippen molar-refractivity contribution in [3.63, 3.8) is 0 Å². The van der Waals surface area contributed by atoms with Gasteiger partial charge in [0.1, 0.15) is 0 Å². The van der Waals surface area contributed by atoms with Crippen molar-refractivity contribution in [1.82, 2.24) is 30.0 Å². The van der Waals surface area contributed by atoms with Gasteiger partial charge in [0.15, 0.2) is 5.69 Å². The van der Waals surface area contributed by atoms with Gasteiger partial charge in [0.2, 0.25) is 0 Å². The molecule has 2 aromatic rings. The second-order valence-electron chi connectivity index (χ2n) is 4.03. The Morgan fingerprint density at radius 1 is 1.35 bits per heavy atom. The minimum Gasteiger partial charge on any atom is -0.243 e. The molecule has 108 valence electrons. The highest BCUT2D eigenvalue weighted by molar-refractivity contribution is 5.78. The number of aromatic nitrogens is 6. The van der Waals surface area contributed by atoms with Gasteiger partial charge in [-0.15, -0.1) is 10.2 Å². The zero-order valence-corrected chi connectivity index (χ0v) is 10.5. The number of nitrogens with zero attached hydrogens (tertiary/aromatic N) is 6. The first kappa shape index (κ1) is 14.2. The van der Waals surface area contributed by atoms with E-state index >= 15 is 0 Å². The topological polar surface area (TPSA) is 78.5 Å². The molecule has 0 saturated carbocycles. The molecule has 10 heteroatoms. The summed E-state index contributed by atoms with van der Waals surface area (Å²) in [6.45, 7) is 1.85. The number of alkyl halides is 3. The second-order valence-corrected chi connectivity index (χ2v) is 4.03. The average molecular weight is 288 g/mol. The minimum absolute atomic E-state index is 0.107. The molecule has 2 heterocycles. The Morgan fingerprint density at radius 3 is 2.65 bits per heavy atom. The van der Waals surface area contributed by atoms with Crippen LogP contribution >= 0.6 is 0 Å². The number of unbranched alkanes of at least 4 members (excludes halogenated alkanes) is 1. The highest BCUT2D eigenvalue weighted by atomic mass is 19.4. The molecule has 7 nitrogen and oxygen atoms in total. The SMILES string of the molecule is CCCCc1nnn(C(=O)n2ccnn2)c1C(F)(F)F. The van der Waals surface area contributed by atoms with Gasteiger partial charge < -0.3 is 0 Å². The standard InChI is InChI=1S/C10H11F3N6O/c1-2-3-4-7-8(10(11,12)13)19(17-15-7)9(20)18-6-5-14-16-18/h5-6H,2-4H2,1H3. The number of halogens is 3. The Bertz CT molecular complexity index is 589. The van der Waals surface area contributed by atoms with Crippen LogP contribution < -0.4 is 0 Å². The maximum atomic E-state index is 13.1. The molecule has 0 fully saturated rings. The summed E-state index contributed by atoms with van der Waals surface area (Å²) in [7, 11) is 0. The van der Waals surface area contributed by atoms with Crippen molar-refractivity contribution in [2.75, 3.05) is 0 Å². The molecule has 0 aromatic carbocycles. The smallest absolute Gasteiger partial charge is 0.243 e. The van der Waals surface area contributed by atoms with Crippen LogP contribution in [-0.2, 0) is 12.6 Å².